The van der Waals surface area contributed by atoms with Crippen molar-refractivity contribution in [3.63, 3.8) is 0 Å². The molecule has 0 bridgehead atoms. The zero-order chi connectivity index (χ0) is 15.0. The van der Waals surface area contributed by atoms with Gasteiger partial charge < -0.3 is 14.7 Å². The van der Waals surface area contributed by atoms with Crippen LogP contribution in [0.5, 0.6) is 0 Å². The Bertz CT molecular complexity index is 772. The van der Waals surface area contributed by atoms with Crippen LogP contribution in [-0.4, -0.2) is 14.5 Å². The van der Waals surface area contributed by atoms with Gasteiger partial charge in [0, 0.05) is 17.3 Å². The number of anilines is 1. The van der Waals surface area contributed by atoms with Crippen molar-refractivity contribution in [2.45, 2.75) is 26.8 Å². The molecule has 0 amide bonds. The van der Waals surface area contributed by atoms with E-state index in [1.54, 1.807) is 6.20 Å². The van der Waals surface area contributed by atoms with Crippen molar-refractivity contribution in [3.05, 3.63) is 54.0 Å². The molecule has 5 heteroatoms. The minimum atomic E-state index is 0.111. The normalized spacial score (nSPS) is 12.5. The third kappa shape index (κ3) is 2.31. The highest BCUT2D eigenvalue weighted by molar-refractivity contribution is 5.70. The Morgan fingerprint density at radius 3 is 2.81 bits per heavy atom. The Morgan fingerprint density at radius 1 is 1.33 bits per heavy atom. The molecule has 0 aliphatic carbocycles. The van der Waals surface area contributed by atoms with E-state index in [0.717, 1.165) is 28.3 Å². The van der Waals surface area contributed by atoms with E-state index in [2.05, 4.69) is 27.5 Å². The number of pyridine rings is 1. The van der Waals surface area contributed by atoms with Gasteiger partial charge in [-0.1, -0.05) is 0 Å². The molecular weight excluding hydrogens is 264 g/mol. The molecule has 0 fully saturated rings. The number of furan rings is 1. The SMILES string of the molecule is Cc1cc(C(C)n2cncc2-c2cccnc2N)c(C)o1. The molecule has 5 nitrogen and oxygen atoms in total. The highest BCUT2D eigenvalue weighted by atomic mass is 16.3. The van der Waals surface area contributed by atoms with Crippen LogP contribution in [0.4, 0.5) is 5.82 Å². The number of hydrogen-bond acceptors (Lipinski definition) is 4. The summed E-state index contributed by atoms with van der Waals surface area (Å²) in [6, 6.07) is 6.01. The van der Waals surface area contributed by atoms with E-state index in [1.807, 2.05) is 38.5 Å². The van der Waals surface area contributed by atoms with Crippen molar-refractivity contribution in [2.75, 3.05) is 5.73 Å². The summed E-state index contributed by atoms with van der Waals surface area (Å²) in [7, 11) is 0. The standard InChI is InChI=1S/C16H18N4O/c1-10-7-14(12(3)21-10)11(2)20-9-18-8-15(20)13-5-4-6-19-16(13)17/h4-9,11H,1-3H3,(H2,17,19). The lowest BCUT2D eigenvalue weighted by Gasteiger charge is -2.16. The molecule has 1 unspecified atom stereocenters. The van der Waals surface area contributed by atoms with Crippen molar-refractivity contribution in [1.29, 1.82) is 0 Å². The first kappa shape index (κ1) is 13.4. The molecule has 108 valence electrons. The van der Waals surface area contributed by atoms with E-state index in [4.69, 9.17) is 10.2 Å². The third-order valence-electron chi connectivity index (χ3n) is 3.73. The summed E-state index contributed by atoms with van der Waals surface area (Å²) >= 11 is 0. The molecule has 0 spiro atoms. The van der Waals surface area contributed by atoms with Crippen LogP contribution in [-0.2, 0) is 0 Å². The fraction of sp³-hybridized carbons (Fsp3) is 0.250. The molecule has 21 heavy (non-hydrogen) atoms. The van der Waals surface area contributed by atoms with Gasteiger partial charge in [0.25, 0.3) is 0 Å². The Balaban J connectivity index is 2.07. The monoisotopic (exact) mass is 282 g/mol. The van der Waals surface area contributed by atoms with Crippen LogP contribution in [0, 0.1) is 13.8 Å². The molecule has 0 radical (unpaired) electrons. The van der Waals surface area contributed by atoms with Gasteiger partial charge in [-0.2, -0.15) is 0 Å². The van der Waals surface area contributed by atoms with Crippen LogP contribution in [0.25, 0.3) is 11.3 Å². The Labute approximate surface area is 123 Å². The van der Waals surface area contributed by atoms with Gasteiger partial charge in [-0.25, -0.2) is 9.97 Å². The Kier molecular flexibility index (Phi) is 3.25. The average Bonchev–Trinajstić information content (AvgIpc) is 3.05. The maximum absolute atomic E-state index is 5.98. The Hall–Kier alpha value is -2.56. The Morgan fingerprint density at radius 2 is 2.14 bits per heavy atom. The van der Waals surface area contributed by atoms with Crippen LogP contribution < -0.4 is 5.73 Å². The minimum Gasteiger partial charge on any atom is -0.466 e. The van der Waals surface area contributed by atoms with Crippen molar-refractivity contribution < 1.29 is 4.42 Å². The lowest BCUT2D eigenvalue weighted by Crippen LogP contribution is -2.08. The number of nitrogens with two attached hydrogens (primary N) is 1. The lowest BCUT2D eigenvalue weighted by molar-refractivity contribution is 0.494. The summed E-state index contributed by atoms with van der Waals surface area (Å²) in [6.07, 6.45) is 5.31. The summed E-state index contributed by atoms with van der Waals surface area (Å²) in [6.45, 7) is 6.06. The second-order valence-electron chi connectivity index (χ2n) is 5.17. The van der Waals surface area contributed by atoms with Gasteiger partial charge in [-0.05, 0) is 39.0 Å². The quantitative estimate of drug-likeness (QED) is 0.799. The zero-order valence-electron chi connectivity index (χ0n) is 12.4. The number of hydrogen-bond donors (Lipinski definition) is 1. The summed E-state index contributed by atoms with van der Waals surface area (Å²) < 4.78 is 7.72. The van der Waals surface area contributed by atoms with Gasteiger partial charge in [-0.3, -0.25) is 0 Å². The zero-order valence-corrected chi connectivity index (χ0v) is 12.4. The van der Waals surface area contributed by atoms with E-state index in [-0.39, 0.29) is 6.04 Å². The van der Waals surface area contributed by atoms with Crippen LogP contribution in [0.3, 0.4) is 0 Å². The van der Waals surface area contributed by atoms with Gasteiger partial charge in [0.05, 0.1) is 24.3 Å². The van der Waals surface area contributed by atoms with Gasteiger partial charge >= 0.3 is 0 Å². The number of nitrogens with zero attached hydrogens (tertiary/aromatic N) is 3. The van der Waals surface area contributed by atoms with Crippen LogP contribution >= 0.6 is 0 Å². The molecule has 0 saturated heterocycles. The van der Waals surface area contributed by atoms with Crippen molar-refractivity contribution in [2.24, 2.45) is 0 Å². The molecule has 2 N–H and O–H groups in total. The maximum Gasteiger partial charge on any atom is 0.132 e. The first-order valence-corrected chi connectivity index (χ1v) is 6.87. The highest BCUT2D eigenvalue weighted by Crippen LogP contribution is 2.31. The smallest absolute Gasteiger partial charge is 0.132 e. The maximum atomic E-state index is 5.98. The molecule has 3 aromatic heterocycles. The average molecular weight is 282 g/mol. The second kappa shape index (κ2) is 5.09. The summed E-state index contributed by atoms with van der Waals surface area (Å²) in [5.41, 5.74) is 8.97. The van der Waals surface area contributed by atoms with Gasteiger partial charge in [-0.15, -0.1) is 0 Å². The van der Waals surface area contributed by atoms with Crippen molar-refractivity contribution in [3.8, 4) is 11.3 Å². The summed E-state index contributed by atoms with van der Waals surface area (Å²) in [4.78, 5) is 8.42. The van der Waals surface area contributed by atoms with E-state index >= 15 is 0 Å². The molecule has 1 atom stereocenters. The van der Waals surface area contributed by atoms with Crippen molar-refractivity contribution >= 4 is 5.82 Å². The summed E-state index contributed by atoms with van der Waals surface area (Å²) in [5, 5.41) is 0. The predicted octanol–water partition coefficient (Wildman–Crippen LogP) is 3.35. The second-order valence-corrected chi connectivity index (χ2v) is 5.17. The minimum absolute atomic E-state index is 0.111. The largest absolute Gasteiger partial charge is 0.466 e. The van der Waals surface area contributed by atoms with E-state index in [0.29, 0.717) is 5.82 Å². The molecule has 0 aliphatic heterocycles. The van der Waals surface area contributed by atoms with E-state index in [9.17, 15) is 0 Å². The van der Waals surface area contributed by atoms with Gasteiger partial charge in [0.2, 0.25) is 0 Å². The van der Waals surface area contributed by atoms with Crippen LogP contribution in [0.2, 0.25) is 0 Å². The fourth-order valence-corrected chi connectivity index (χ4v) is 2.67. The summed E-state index contributed by atoms with van der Waals surface area (Å²) in [5.74, 6) is 2.35. The number of aromatic nitrogens is 3. The molecule has 3 rings (SSSR count). The van der Waals surface area contributed by atoms with Crippen molar-refractivity contribution in [1.82, 2.24) is 14.5 Å². The molecule has 0 aromatic carbocycles. The number of imidazole rings is 1. The predicted molar refractivity (Wildman–Crippen MR) is 81.9 cm³/mol. The van der Waals surface area contributed by atoms with E-state index < -0.39 is 0 Å². The van der Waals surface area contributed by atoms with Crippen LogP contribution in [0.1, 0.15) is 30.0 Å². The number of rotatable bonds is 3. The highest BCUT2D eigenvalue weighted by Gasteiger charge is 2.18. The lowest BCUT2D eigenvalue weighted by atomic mass is 10.1. The first-order valence-electron chi connectivity index (χ1n) is 6.87. The third-order valence-corrected chi connectivity index (χ3v) is 3.73. The molecular formula is C16H18N4O. The number of nitrogen functional groups attached to an aromatic ring is 1. The molecule has 0 aliphatic rings. The number of aryl methyl sites for hydroxylation is 2. The molecule has 3 aromatic rings. The fourth-order valence-electron chi connectivity index (χ4n) is 2.67. The van der Waals surface area contributed by atoms with E-state index in [1.165, 1.54) is 0 Å². The molecule has 0 saturated carbocycles. The van der Waals surface area contributed by atoms with Crippen LogP contribution in [0.15, 0.2) is 41.3 Å². The van der Waals surface area contributed by atoms with Gasteiger partial charge in [0.15, 0.2) is 0 Å². The topological polar surface area (TPSA) is 69.9 Å². The molecule has 3 heterocycles. The van der Waals surface area contributed by atoms with Gasteiger partial charge in [0.1, 0.15) is 17.3 Å². The first-order chi connectivity index (χ1) is 10.1.